The van der Waals surface area contributed by atoms with Crippen LogP contribution < -0.4 is 5.32 Å². The molecule has 0 atom stereocenters. The van der Waals surface area contributed by atoms with Crippen LogP contribution in [0.2, 0.25) is 0 Å². The summed E-state index contributed by atoms with van der Waals surface area (Å²) in [5.41, 5.74) is 2.62. The Kier molecular flexibility index (Phi) is 7.14. The third-order valence-corrected chi connectivity index (χ3v) is 8.51. The maximum Gasteiger partial charge on any atom is 0.251 e. The van der Waals surface area contributed by atoms with E-state index in [-0.39, 0.29) is 40.1 Å². The second kappa shape index (κ2) is 11.1. The van der Waals surface area contributed by atoms with E-state index in [2.05, 4.69) is 27.2 Å². The molecule has 0 radical (unpaired) electrons. The Morgan fingerprint density at radius 2 is 1.79 bits per heavy atom. The Labute approximate surface area is 240 Å². The largest absolute Gasteiger partial charge is 0.348 e. The van der Waals surface area contributed by atoms with E-state index < -0.39 is 27.3 Å². The van der Waals surface area contributed by atoms with Crippen molar-refractivity contribution in [3.63, 3.8) is 0 Å². The van der Waals surface area contributed by atoms with Crippen LogP contribution in [-0.4, -0.2) is 39.4 Å². The van der Waals surface area contributed by atoms with Gasteiger partial charge in [0.15, 0.2) is 9.84 Å². The van der Waals surface area contributed by atoms with Crippen LogP contribution in [0.15, 0.2) is 90.3 Å². The summed E-state index contributed by atoms with van der Waals surface area (Å²) in [6.07, 6.45) is 8.43. The predicted octanol–water partition coefficient (Wildman–Crippen LogP) is 4.02. The van der Waals surface area contributed by atoms with Gasteiger partial charge in [-0.25, -0.2) is 22.5 Å². The molecule has 1 N–H and O–H groups in total. The number of hydrogen-bond acceptors (Lipinski definition) is 6. The fraction of sp³-hybridized carbons (Fsp3) is 0.161. The molecule has 11 heteroatoms. The first-order valence-electron chi connectivity index (χ1n) is 13.2. The Morgan fingerprint density at radius 3 is 2.57 bits per heavy atom. The lowest BCUT2D eigenvalue weighted by molar-refractivity contribution is 0.0868. The van der Waals surface area contributed by atoms with Gasteiger partial charge < -0.3 is 9.72 Å². The first kappa shape index (κ1) is 27.1. The molecule has 1 aliphatic rings. The average Bonchev–Trinajstić information content (AvgIpc) is 3.56. The maximum absolute atomic E-state index is 13.5. The minimum atomic E-state index is -3.98. The summed E-state index contributed by atoms with van der Waals surface area (Å²) in [5, 5.41) is 7.02. The van der Waals surface area contributed by atoms with Crippen molar-refractivity contribution in [3.05, 3.63) is 119 Å². The number of hydrogen-bond donors (Lipinski definition) is 1. The van der Waals surface area contributed by atoms with Gasteiger partial charge in [0.2, 0.25) is 5.91 Å². The fourth-order valence-corrected chi connectivity index (χ4v) is 5.83. The number of sulfone groups is 1. The molecule has 9 nitrogen and oxygen atoms in total. The molecule has 0 aliphatic heterocycles. The highest BCUT2D eigenvalue weighted by Gasteiger charge is 2.31. The molecule has 2 aromatic carbocycles. The van der Waals surface area contributed by atoms with Gasteiger partial charge in [-0.15, -0.1) is 0 Å². The zero-order valence-electron chi connectivity index (χ0n) is 22.2. The van der Waals surface area contributed by atoms with Gasteiger partial charge in [-0.2, -0.15) is 5.10 Å². The van der Waals surface area contributed by atoms with Crippen molar-refractivity contribution in [2.45, 2.75) is 30.0 Å². The van der Waals surface area contributed by atoms with E-state index in [0.717, 1.165) is 24.1 Å². The van der Waals surface area contributed by atoms with Crippen LogP contribution >= 0.6 is 0 Å². The van der Waals surface area contributed by atoms with Gasteiger partial charge >= 0.3 is 0 Å². The van der Waals surface area contributed by atoms with Crippen molar-refractivity contribution < 1.29 is 22.4 Å². The van der Waals surface area contributed by atoms with E-state index in [1.165, 1.54) is 59.4 Å². The van der Waals surface area contributed by atoms with Crippen molar-refractivity contribution in [3.8, 4) is 11.8 Å². The SMILES string of the molecule is O=C(NCc1ccn2ccnc2c1)c1ccc(S(=O)(=O)Cc2ccn(C(=O)C3CC3)n2)c(C#Cc2ccc(F)cc2)c1. The molecule has 0 spiro atoms. The lowest BCUT2D eigenvalue weighted by Gasteiger charge is -2.10. The number of aromatic nitrogens is 4. The van der Waals surface area contributed by atoms with Gasteiger partial charge in [0, 0.05) is 53.9 Å². The molecule has 1 fully saturated rings. The van der Waals surface area contributed by atoms with Gasteiger partial charge in [-0.3, -0.25) is 9.59 Å². The van der Waals surface area contributed by atoms with Gasteiger partial charge in [-0.05, 0) is 79.1 Å². The van der Waals surface area contributed by atoms with Crippen molar-refractivity contribution >= 4 is 27.3 Å². The Morgan fingerprint density at radius 1 is 0.976 bits per heavy atom. The number of pyridine rings is 1. The fourth-order valence-electron chi connectivity index (χ4n) is 4.41. The average molecular weight is 582 g/mol. The number of carbonyl (C=O) groups excluding carboxylic acids is 2. The topological polar surface area (TPSA) is 115 Å². The van der Waals surface area contributed by atoms with E-state index in [0.29, 0.717) is 5.56 Å². The van der Waals surface area contributed by atoms with Gasteiger partial charge in [0.05, 0.1) is 16.3 Å². The monoisotopic (exact) mass is 581 g/mol. The van der Waals surface area contributed by atoms with E-state index in [1.807, 2.05) is 28.9 Å². The normalized spacial score (nSPS) is 13.0. The van der Waals surface area contributed by atoms with Crippen LogP contribution in [0.5, 0.6) is 0 Å². The second-order valence-electron chi connectivity index (χ2n) is 10.0. The summed E-state index contributed by atoms with van der Waals surface area (Å²) in [6.45, 7) is 0.237. The number of imidazole rings is 1. The van der Waals surface area contributed by atoms with Crippen molar-refractivity contribution in [1.82, 2.24) is 24.5 Å². The summed E-state index contributed by atoms with van der Waals surface area (Å²) >= 11 is 0. The molecule has 3 heterocycles. The van der Waals surface area contributed by atoms with E-state index in [4.69, 9.17) is 0 Å². The van der Waals surface area contributed by atoms with Crippen LogP contribution in [0.4, 0.5) is 4.39 Å². The molecule has 42 heavy (non-hydrogen) atoms. The zero-order chi connectivity index (χ0) is 29.3. The molecule has 0 unspecified atom stereocenters. The quantitative estimate of drug-likeness (QED) is 0.290. The molecule has 3 aromatic heterocycles. The first-order valence-corrected chi connectivity index (χ1v) is 14.8. The van der Waals surface area contributed by atoms with Crippen molar-refractivity contribution in [2.75, 3.05) is 0 Å². The number of halogens is 1. The third-order valence-electron chi connectivity index (χ3n) is 6.81. The first-order chi connectivity index (χ1) is 20.2. The van der Waals surface area contributed by atoms with Crippen LogP contribution in [0.25, 0.3) is 5.65 Å². The molecule has 1 saturated carbocycles. The number of carbonyl (C=O) groups is 2. The van der Waals surface area contributed by atoms with Crippen LogP contribution in [0.1, 0.15) is 50.4 Å². The highest BCUT2D eigenvalue weighted by Crippen LogP contribution is 2.30. The lowest BCUT2D eigenvalue weighted by atomic mass is 10.1. The molecule has 6 rings (SSSR count). The van der Waals surface area contributed by atoms with Gasteiger partial charge in [0.1, 0.15) is 11.5 Å². The Balaban J connectivity index is 1.27. The number of fused-ring (bicyclic) bond motifs is 1. The molecule has 1 aliphatic carbocycles. The smallest absolute Gasteiger partial charge is 0.251 e. The second-order valence-corrected chi connectivity index (χ2v) is 12.0. The van der Waals surface area contributed by atoms with Crippen LogP contribution in [0.3, 0.4) is 0 Å². The summed E-state index contributed by atoms with van der Waals surface area (Å²) in [5.74, 6) is 4.21. The summed E-state index contributed by atoms with van der Waals surface area (Å²) in [4.78, 5) is 29.5. The number of benzene rings is 2. The maximum atomic E-state index is 13.5. The number of nitrogens with zero attached hydrogens (tertiary/aromatic N) is 4. The number of amides is 1. The predicted molar refractivity (Wildman–Crippen MR) is 152 cm³/mol. The van der Waals surface area contributed by atoms with Crippen LogP contribution in [0, 0.1) is 23.6 Å². The summed E-state index contributed by atoms with van der Waals surface area (Å²) in [7, 11) is -3.98. The van der Waals surface area contributed by atoms with E-state index in [1.54, 1.807) is 6.20 Å². The van der Waals surface area contributed by atoms with Gasteiger partial charge in [0.25, 0.3) is 5.91 Å². The summed E-state index contributed by atoms with van der Waals surface area (Å²) < 4.78 is 43.5. The minimum Gasteiger partial charge on any atom is -0.348 e. The molecular weight excluding hydrogens is 557 g/mol. The molecule has 210 valence electrons. The Bertz CT molecular complexity index is 2000. The van der Waals surface area contributed by atoms with Gasteiger partial charge in [-0.1, -0.05) is 11.8 Å². The standard InChI is InChI=1S/C31H24FN5O4S/c32-26-8-2-21(3-9-26)1-4-24-18-25(30(38)34-19-22-11-14-36-16-13-33-29(36)17-22)7-10-28(24)42(40,41)20-27-12-15-37(35-27)31(39)23-5-6-23/h2-3,7-18,23H,5-6,19-20H2,(H,34,38). The van der Waals surface area contributed by atoms with Crippen LogP contribution in [-0.2, 0) is 22.1 Å². The molecular formula is C31H24FN5O4S. The van der Waals surface area contributed by atoms with E-state index >= 15 is 0 Å². The highest BCUT2D eigenvalue weighted by atomic mass is 32.2. The lowest BCUT2D eigenvalue weighted by Crippen LogP contribution is -2.23. The molecule has 0 bridgehead atoms. The zero-order valence-corrected chi connectivity index (χ0v) is 23.0. The number of rotatable bonds is 7. The third kappa shape index (κ3) is 5.99. The molecule has 0 saturated heterocycles. The van der Waals surface area contributed by atoms with Crippen molar-refractivity contribution in [2.24, 2.45) is 5.92 Å². The Hall–Kier alpha value is -5.08. The number of nitrogens with one attached hydrogen (secondary N) is 1. The minimum absolute atomic E-state index is 0.0602. The highest BCUT2D eigenvalue weighted by molar-refractivity contribution is 7.90. The summed E-state index contributed by atoms with van der Waals surface area (Å²) in [6, 6.07) is 14.9. The molecule has 5 aromatic rings. The van der Waals surface area contributed by atoms with Crippen molar-refractivity contribution in [1.29, 1.82) is 0 Å². The molecule has 1 amide bonds. The van der Waals surface area contributed by atoms with E-state index in [9.17, 15) is 22.4 Å².